The molecule has 0 heterocycles. The highest BCUT2D eigenvalue weighted by Gasteiger charge is 2.01. The van der Waals surface area contributed by atoms with Gasteiger partial charge < -0.3 is 10.0 Å². The Morgan fingerprint density at radius 1 is 0.941 bits per heavy atom. The molecular weight excluding hydrogens is 230 g/mol. The Balaban J connectivity index is 3.11. The van der Waals surface area contributed by atoms with E-state index in [0.29, 0.717) is 0 Å². The van der Waals surface area contributed by atoms with Gasteiger partial charge in [0.05, 0.1) is 6.10 Å². The Hall–Kier alpha value is 0.270. The maximum absolute atomic E-state index is 9.18. The molecule has 1 N–H and O–H groups in total. The number of nitrogens with zero attached hydrogens (tertiary/aromatic N) is 1. The van der Waals surface area contributed by atoms with Crippen LogP contribution in [-0.2, 0) is 0 Å². The van der Waals surface area contributed by atoms with E-state index in [9.17, 15) is 5.11 Å². The zero-order valence-corrected chi connectivity index (χ0v) is 12.6. The van der Waals surface area contributed by atoms with Gasteiger partial charge in [-0.1, -0.05) is 32.1 Å². The Morgan fingerprint density at radius 3 is 2.00 bits per heavy atom. The van der Waals surface area contributed by atoms with Crippen molar-refractivity contribution in [2.45, 2.75) is 64.4 Å². The van der Waals surface area contributed by atoms with Gasteiger partial charge in [-0.05, 0) is 45.5 Å². The second-order valence-corrected chi connectivity index (χ2v) is 5.59. The van der Waals surface area contributed by atoms with Crippen LogP contribution in [0.25, 0.3) is 0 Å². The zero-order valence-electron chi connectivity index (χ0n) is 11.7. The van der Waals surface area contributed by atoms with E-state index >= 15 is 0 Å². The van der Waals surface area contributed by atoms with Crippen LogP contribution in [0, 0.1) is 0 Å². The summed E-state index contributed by atoms with van der Waals surface area (Å²) in [6.07, 6.45) is 10.1. The lowest BCUT2D eigenvalue weighted by Gasteiger charge is -2.17. The molecule has 0 aliphatic carbocycles. The van der Waals surface area contributed by atoms with Crippen LogP contribution < -0.4 is 0 Å². The number of aliphatic hydroxyl groups is 1. The number of rotatable bonds is 12. The highest BCUT2D eigenvalue weighted by atomic mass is 32.1. The Kier molecular flexibility index (Phi) is 12.9. The molecule has 0 bridgehead atoms. The minimum Gasteiger partial charge on any atom is -0.393 e. The van der Waals surface area contributed by atoms with Crippen LogP contribution >= 0.6 is 12.6 Å². The fraction of sp³-hybridized carbons (Fsp3) is 1.00. The maximum atomic E-state index is 9.18. The molecule has 0 radical (unpaired) electrons. The molecular formula is C14H31NOS. The highest BCUT2D eigenvalue weighted by Crippen LogP contribution is 2.08. The van der Waals surface area contributed by atoms with Crippen molar-refractivity contribution in [1.82, 2.24) is 4.90 Å². The number of aliphatic hydroxyl groups excluding tert-OH is 1. The van der Waals surface area contributed by atoms with Crippen LogP contribution in [0.15, 0.2) is 0 Å². The summed E-state index contributed by atoms with van der Waals surface area (Å²) < 4.78 is 0. The van der Waals surface area contributed by atoms with Crippen molar-refractivity contribution in [2.24, 2.45) is 0 Å². The standard InChI is InChI=1S/C14H31NOS/c1-14(16)10-12-15(2)11-8-6-4-3-5-7-9-13-17/h14,16-17H,3-13H2,1-2H3. The first-order valence-corrected chi connectivity index (χ1v) is 7.77. The monoisotopic (exact) mass is 261 g/mol. The van der Waals surface area contributed by atoms with E-state index in [1.54, 1.807) is 0 Å². The fourth-order valence-corrected chi connectivity index (χ4v) is 2.12. The predicted octanol–water partition coefficient (Wildman–Crippen LogP) is 3.35. The van der Waals surface area contributed by atoms with E-state index in [1.165, 1.54) is 51.5 Å². The molecule has 1 unspecified atom stereocenters. The predicted molar refractivity (Wildman–Crippen MR) is 80.0 cm³/mol. The molecule has 0 aliphatic rings. The summed E-state index contributed by atoms with van der Waals surface area (Å²) in [5.74, 6) is 1.04. The molecule has 2 nitrogen and oxygen atoms in total. The molecule has 0 aromatic carbocycles. The maximum Gasteiger partial charge on any atom is 0.0524 e. The highest BCUT2D eigenvalue weighted by molar-refractivity contribution is 7.80. The van der Waals surface area contributed by atoms with Crippen molar-refractivity contribution < 1.29 is 5.11 Å². The van der Waals surface area contributed by atoms with E-state index in [4.69, 9.17) is 0 Å². The first-order chi connectivity index (χ1) is 8.16. The van der Waals surface area contributed by atoms with Gasteiger partial charge in [0.2, 0.25) is 0 Å². The van der Waals surface area contributed by atoms with E-state index in [1.807, 2.05) is 6.92 Å². The number of hydrogen-bond donors (Lipinski definition) is 2. The van der Waals surface area contributed by atoms with Crippen LogP contribution in [0.5, 0.6) is 0 Å². The number of thiol groups is 1. The Morgan fingerprint density at radius 2 is 1.47 bits per heavy atom. The van der Waals surface area contributed by atoms with Gasteiger partial charge in [-0.3, -0.25) is 0 Å². The van der Waals surface area contributed by atoms with Gasteiger partial charge in [0.15, 0.2) is 0 Å². The lowest BCUT2D eigenvalue weighted by atomic mass is 10.1. The smallest absolute Gasteiger partial charge is 0.0524 e. The molecule has 1 atom stereocenters. The lowest BCUT2D eigenvalue weighted by molar-refractivity contribution is 0.164. The van der Waals surface area contributed by atoms with Gasteiger partial charge in [0.25, 0.3) is 0 Å². The average molecular weight is 261 g/mol. The normalized spacial score (nSPS) is 13.2. The molecule has 0 spiro atoms. The summed E-state index contributed by atoms with van der Waals surface area (Å²) in [6.45, 7) is 4.04. The van der Waals surface area contributed by atoms with E-state index in [2.05, 4.69) is 24.6 Å². The first kappa shape index (κ1) is 17.3. The molecule has 0 saturated carbocycles. The van der Waals surface area contributed by atoms with Crippen LogP contribution in [-0.4, -0.2) is 42.0 Å². The quantitative estimate of drug-likeness (QED) is 0.416. The summed E-state index contributed by atoms with van der Waals surface area (Å²) in [7, 11) is 2.15. The van der Waals surface area contributed by atoms with Gasteiger partial charge >= 0.3 is 0 Å². The minimum atomic E-state index is -0.163. The molecule has 0 aromatic heterocycles. The molecule has 104 valence electrons. The van der Waals surface area contributed by atoms with Gasteiger partial charge in [-0.2, -0.15) is 12.6 Å². The van der Waals surface area contributed by atoms with E-state index in [-0.39, 0.29) is 6.10 Å². The molecule has 3 heteroatoms. The van der Waals surface area contributed by atoms with Gasteiger partial charge in [-0.15, -0.1) is 0 Å². The van der Waals surface area contributed by atoms with Crippen molar-refractivity contribution in [3.8, 4) is 0 Å². The zero-order chi connectivity index (χ0) is 12.9. The van der Waals surface area contributed by atoms with Crippen LogP contribution in [0.2, 0.25) is 0 Å². The van der Waals surface area contributed by atoms with Crippen LogP contribution in [0.4, 0.5) is 0 Å². The largest absolute Gasteiger partial charge is 0.393 e. The third kappa shape index (κ3) is 14.2. The van der Waals surface area contributed by atoms with Gasteiger partial charge in [0.1, 0.15) is 0 Å². The van der Waals surface area contributed by atoms with Crippen molar-refractivity contribution in [3.05, 3.63) is 0 Å². The molecule has 0 saturated heterocycles. The third-order valence-electron chi connectivity index (χ3n) is 3.13. The van der Waals surface area contributed by atoms with Crippen molar-refractivity contribution >= 4 is 12.6 Å². The van der Waals surface area contributed by atoms with Crippen molar-refractivity contribution in [1.29, 1.82) is 0 Å². The number of unbranched alkanes of at least 4 members (excludes halogenated alkanes) is 6. The fourth-order valence-electron chi connectivity index (χ4n) is 1.90. The average Bonchev–Trinajstić information content (AvgIpc) is 2.30. The SMILES string of the molecule is CC(O)CCN(C)CCCCCCCCCS. The molecule has 0 amide bonds. The van der Waals surface area contributed by atoms with E-state index in [0.717, 1.165) is 18.7 Å². The second-order valence-electron chi connectivity index (χ2n) is 5.14. The summed E-state index contributed by atoms with van der Waals surface area (Å²) in [5, 5.41) is 9.18. The van der Waals surface area contributed by atoms with Crippen LogP contribution in [0.3, 0.4) is 0 Å². The van der Waals surface area contributed by atoms with Gasteiger partial charge in [-0.25, -0.2) is 0 Å². The van der Waals surface area contributed by atoms with E-state index < -0.39 is 0 Å². The first-order valence-electron chi connectivity index (χ1n) is 7.14. The summed E-state index contributed by atoms with van der Waals surface area (Å²) in [5.41, 5.74) is 0. The summed E-state index contributed by atoms with van der Waals surface area (Å²) in [6, 6.07) is 0. The Bertz CT molecular complexity index is 153. The minimum absolute atomic E-state index is 0.163. The summed E-state index contributed by atoms with van der Waals surface area (Å²) >= 11 is 4.21. The lowest BCUT2D eigenvalue weighted by Crippen LogP contribution is -2.23. The Labute approximate surface area is 113 Å². The number of hydrogen-bond acceptors (Lipinski definition) is 3. The van der Waals surface area contributed by atoms with Gasteiger partial charge in [0, 0.05) is 6.54 Å². The topological polar surface area (TPSA) is 23.5 Å². The molecule has 17 heavy (non-hydrogen) atoms. The van der Waals surface area contributed by atoms with Crippen LogP contribution in [0.1, 0.15) is 58.3 Å². The summed E-state index contributed by atoms with van der Waals surface area (Å²) in [4.78, 5) is 2.33. The molecule has 0 fully saturated rings. The van der Waals surface area contributed by atoms with Crippen molar-refractivity contribution in [2.75, 3.05) is 25.9 Å². The molecule has 0 aromatic rings. The molecule has 0 aliphatic heterocycles. The van der Waals surface area contributed by atoms with Crippen molar-refractivity contribution in [3.63, 3.8) is 0 Å². The third-order valence-corrected chi connectivity index (χ3v) is 3.44. The second kappa shape index (κ2) is 12.7. The molecule has 0 rings (SSSR count).